The molecule has 2 atom stereocenters. The normalized spacial score (nSPS) is 15.3. The number of halogens is 2. The highest BCUT2D eigenvalue weighted by molar-refractivity contribution is 14.1. The van der Waals surface area contributed by atoms with E-state index in [-0.39, 0.29) is 7.85 Å². The average molecular weight is 382 g/mol. The number of esters is 2. The Kier molecular flexibility index (Phi) is 5.57. The van der Waals surface area contributed by atoms with Crippen molar-refractivity contribution in [3.05, 3.63) is 0 Å². The predicted octanol–water partition coefficient (Wildman–Crippen LogP) is 1.70. The van der Waals surface area contributed by atoms with Gasteiger partial charge in [0, 0.05) is 0 Å². The molecule has 5 heteroatoms. The molecular weight excluding hydrogens is 374 g/mol. The summed E-state index contributed by atoms with van der Waals surface area (Å²) in [6, 6.07) is 0. The molecule has 0 bridgehead atoms. The molecular formula is C6H8I2O3. The third-order valence-electron chi connectivity index (χ3n) is 0.851. The minimum Gasteiger partial charge on any atom is -0.392 e. The van der Waals surface area contributed by atoms with Gasteiger partial charge in [0.25, 0.3) is 0 Å². The van der Waals surface area contributed by atoms with E-state index in [2.05, 4.69) is 4.74 Å². The van der Waals surface area contributed by atoms with E-state index >= 15 is 0 Å². The fraction of sp³-hybridized carbons (Fsp3) is 0.667. The lowest BCUT2D eigenvalue weighted by atomic mass is 10.5. The Labute approximate surface area is 92.5 Å². The van der Waals surface area contributed by atoms with Crippen LogP contribution in [0, 0.1) is 0 Å². The molecule has 0 saturated heterocycles. The van der Waals surface area contributed by atoms with Gasteiger partial charge in [-0.2, -0.15) is 0 Å². The monoisotopic (exact) mass is 382 g/mol. The Morgan fingerprint density at radius 2 is 1.36 bits per heavy atom. The molecule has 0 aromatic carbocycles. The van der Waals surface area contributed by atoms with Crippen LogP contribution in [0.4, 0.5) is 0 Å². The number of carbonyl (C=O) groups excluding carboxylic acids is 2. The first-order valence-electron chi connectivity index (χ1n) is 2.98. The lowest BCUT2D eigenvalue weighted by Crippen LogP contribution is -2.23. The number of ether oxygens (including phenoxy) is 1. The van der Waals surface area contributed by atoms with Crippen LogP contribution in [-0.2, 0) is 14.3 Å². The second-order valence-corrected chi connectivity index (χ2v) is 5.71. The van der Waals surface area contributed by atoms with Gasteiger partial charge in [0.05, 0.1) is 0 Å². The van der Waals surface area contributed by atoms with E-state index in [4.69, 9.17) is 0 Å². The molecule has 0 aliphatic heterocycles. The van der Waals surface area contributed by atoms with Crippen molar-refractivity contribution in [3.8, 4) is 0 Å². The number of carbonyl (C=O) groups is 2. The zero-order chi connectivity index (χ0) is 9.02. The highest BCUT2D eigenvalue weighted by atomic mass is 127. The van der Waals surface area contributed by atoms with E-state index < -0.39 is 11.9 Å². The molecule has 0 heterocycles. The number of hydrogen-bond donors (Lipinski definition) is 0. The lowest BCUT2D eigenvalue weighted by Gasteiger charge is -2.04. The van der Waals surface area contributed by atoms with Crippen LogP contribution in [0.5, 0.6) is 0 Å². The highest BCUT2D eigenvalue weighted by Gasteiger charge is 2.18. The van der Waals surface area contributed by atoms with Crippen LogP contribution >= 0.6 is 45.2 Å². The van der Waals surface area contributed by atoms with Gasteiger partial charge in [-0.15, -0.1) is 0 Å². The molecule has 2 unspecified atom stereocenters. The second-order valence-electron chi connectivity index (χ2n) is 1.97. The van der Waals surface area contributed by atoms with Crippen molar-refractivity contribution >= 4 is 57.1 Å². The summed E-state index contributed by atoms with van der Waals surface area (Å²) in [4.78, 5) is 21.6. The number of rotatable bonds is 2. The van der Waals surface area contributed by atoms with Gasteiger partial charge in [-0.05, 0) is 13.8 Å². The van der Waals surface area contributed by atoms with Crippen molar-refractivity contribution in [1.82, 2.24) is 0 Å². The SMILES string of the molecule is CC(I)C(=O)OC(=O)C(C)I. The van der Waals surface area contributed by atoms with Crippen molar-refractivity contribution in [2.24, 2.45) is 0 Å². The van der Waals surface area contributed by atoms with Gasteiger partial charge in [0.15, 0.2) is 0 Å². The smallest absolute Gasteiger partial charge is 0.326 e. The van der Waals surface area contributed by atoms with Gasteiger partial charge in [-0.25, -0.2) is 0 Å². The molecule has 0 aliphatic carbocycles. The van der Waals surface area contributed by atoms with Crippen molar-refractivity contribution in [2.45, 2.75) is 21.7 Å². The highest BCUT2D eigenvalue weighted by Crippen LogP contribution is 2.05. The first-order chi connectivity index (χ1) is 4.95. The minimum atomic E-state index is -0.473. The zero-order valence-electron chi connectivity index (χ0n) is 6.14. The van der Waals surface area contributed by atoms with Gasteiger partial charge in [0.1, 0.15) is 7.85 Å². The molecule has 0 N–H and O–H groups in total. The van der Waals surface area contributed by atoms with E-state index in [9.17, 15) is 9.59 Å². The maximum absolute atomic E-state index is 10.8. The third kappa shape index (κ3) is 4.94. The first kappa shape index (κ1) is 11.6. The quantitative estimate of drug-likeness (QED) is 0.316. The van der Waals surface area contributed by atoms with E-state index in [0.29, 0.717) is 0 Å². The molecule has 0 amide bonds. The topological polar surface area (TPSA) is 43.4 Å². The van der Waals surface area contributed by atoms with Crippen LogP contribution in [-0.4, -0.2) is 19.8 Å². The van der Waals surface area contributed by atoms with Crippen molar-refractivity contribution in [1.29, 1.82) is 0 Å². The standard InChI is InChI=1S/C6H8I2O3/c1-3(7)5(9)11-6(10)4(2)8/h3-4H,1-2H3. The Balaban J connectivity index is 3.86. The summed E-state index contributed by atoms with van der Waals surface area (Å²) < 4.78 is 3.94. The summed E-state index contributed by atoms with van der Waals surface area (Å²) in [6.07, 6.45) is 0. The van der Waals surface area contributed by atoms with Gasteiger partial charge < -0.3 is 4.74 Å². The molecule has 64 valence electrons. The summed E-state index contributed by atoms with van der Waals surface area (Å²) in [6.45, 7) is 3.35. The van der Waals surface area contributed by atoms with Crippen LogP contribution in [0.3, 0.4) is 0 Å². The molecule has 0 saturated carbocycles. The minimum absolute atomic E-state index is 0.272. The summed E-state index contributed by atoms with van der Waals surface area (Å²) in [5, 5.41) is 0. The Hall–Kier alpha value is 0.600. The van der Waals surface area contributed by atoms with Crippen molar-refractivity contribution < 1.29 is 14.3 Å². The molecule has 3 nitrogen and oxygen atoms in total. The maximum Gasteiger partial charge on any atom is 0.326 e. The Morgan fingerprint density at radius 3 is 1.55 bits per heavy atom. The van der Waals surface area contributed by atoms with Crippen LogP contribution in [0.25, 0.3) is 0 Å². The van der Waals surface area contributed by atoms with E-state index in [1.54, 1.807) is 13.8 Å². The molecule has 11 heavy (non-hydrogen) atoms. The molecule has 0 rings (SSSR count). The molecule has 0 aromatic rings. The van der Waals surface area contributed by atoms with Gasteiger partial charge in [-0.1, -0.05) is 45.2 Å². The van der Waals surface area contributed by atoms with E-state index in [0.717, 1.165) is 0 Å². The maximum atomic E-state index is 10.8. The van der Waals surface area contributed by atoms with E-state index in [1.807, 2.05) is 45.2 Å². The van der Waals surface area contributed by atoms with Crippen LogP contribution in [0.2, 0.25) is 0 Å². The first-order valence-corrected chi connectivity index (χ1v) is 5.48. The average Bonchev–Trinajstić information content (AvgIpc) is 1.87. The summed E-state index contributed by atoms with van der Waals surface area (Å²) in [7, 11) is 0. The molecule has 0 aliphatic rings. The number of hydrogen-bond acceptors (Lipinski definition) is 3. The summed E-state index contributed by atoms with van der Waals surface area (Å²) in [5.41, 5.74) is 0. The fourth-order valence-corrected chi connectivity index (χ4v) is 0.516. The van der Waals surface area contributed by atoms with Crippen molar-refractivity contribution in [3.63, 3.8) is 0 Å². The molecule has 0 fully saturated rings. The Bertz CT molecular complexity index is 147. The van der Waals surface area contributed by atoms with Gasteiger partial charge in [-0.3, -0.25) is 9.59 Å². The number of alkyl halides is 2. The predicted molar refractivity (Wildman–Crippen MR) is 58.1 cm³/mol. The molecule has 0 aromatic heterocycles. The summed E-state index contributed by atoms with van der Waals surface area (Å²) >= 11 is 3.79. The largest absolute Gasteiger partial charge is 0.392 e. The zero-order valence-corrected chi connectivity index (χ0v) is 10.5. The van der Waals surface area contributed by atoms with Crippen LogP contribution < -0.4 is 0 Å². The lowest BCUT2D eigenvalue weighted by molar-refractivity contribution is -0.157. The van der Waals surface area contributed by atoms with Gasteiger partial charge >= 0.3 is 11.9 Å². The molecule has 0 radical (unpaired) electrons. The fourth-order valence-electron chi connectivity index (χ4n) is 0.262. The van der Waals surface area contributed by atoms with Gasteiger partial charge in [0.2, 0.25) is 0 Å². The van der Waals surface area contributed by atoms with Crippen LogP contribution in [0.1, 0.15) is 13.8 Å². The summed E-state index contributed by atoms with van der Waals surface area (Å²) in [5.74, 6) is -0.946. The van der Waals surface area contributed by atoms with Crippen molar-refractivity contribution in [2.75, 3.05) is 0 Å². The van der Waals surface area contributed by atoms with Crippen LogP contribution in [0.15, 0.2) is 0 Å². The second kappa shape index (κ2) is 5.28. The Morgan fingerprint density at radius 1 is 1.09 bits per heavy atom. The van der Waals surface area contributed by atoms with E-state index in [1.165, 1.54) is 0 Å². The molecule has 0 spiro atoms. The third-order valence-corrected chi connectivity index (χ3v) is 1.87.